The second kappa shape index (κ2) is 5.77. The first-order valence-electron chi connectivity index (χ1n) is 6.16. The van der Waals surface area contributed by atoms with Crippen molar-refractivity contribution < 1.29 is 4.79 Å². The van der Waals surface area contributed by atoms with Crippen molar-refractivity contribution in [2.75, 3.05) is 19.6 Å². The van der Waals surface area contributed by atoms with Crippen molar-refractivity contribution in [3.05, 3.63) is 30.1 Å². The molecule has 0 aromatic carbocycles. The van der Waals surface area contributed by atoms with Gasteiger partial charge < -0.3 is 10.2 Å². The number of aryl methyl sites for hydroxylation is 1. The molecule has 92 valence electrons. The van der Waals surface area contributed by atoms with Gasteiger partial charge in [0.15, 0.2) is 0 Å². The quantitative estimate of drug-likeness (QED) is 0.841. The molecule has 1 aliphatic rings. The fourth-order valence-corrected chi connectivity index (χ4v) is 2.12. The van der Waals surface area contributed by atoms with Crippen molar-refractivity contribution in [1.29, 1.82) is 0 Å². The molecule has 1 aromatic heterocycles. The summed E-state index contributed by atoms with van der Waals surface area (Å²) in [5.74, 6) is 0.259. The van der Waals surface area contributed by atoms with Gasteiger partial charge in [0.05, 0.1) is 0 Å². The first kappa shape index (κ1) is 12.0. The van der Waals surface area contributed by atoms with Crippen LogP contribution in [0.3, 0.4) is 0 Å². The van der Waals surface area contributed by atoms with Gasteiger partial charge >= 0.3 is 0 Å². The fourth-order valence-electron chi connectivity index (χ4n) is 2.12. The van der Waals surface area contributed by atoms with E-state index in [1.165, 1.54) is 5.56 Å². The number of hydrogen-bond acceptors (Lipinski definition) is 3. The molecule has 17 heavy (non-hydrogen) atoms. The highest BCUT2D eigenvalue weighted by Crippen LogP contribution is 2.06. The molecule has 2 rings (SSSR count). The minimum atomic E-state index is 0.259. The Morgan fingerprint density at radius 1 is 1.53 bits per heavy atom. The van der Waals surface area contributed by atoms with Crippen molar-refractivity contribution >= 4 is 5.91 Å². The Labute approximate surface area is 102 Å². The van der Waals surface area contributed by atoms with Gasteiger partial charge in [-0.3, -0.25) is 9.78 Å². The smallest absolute Gasteiger partial charge is 0.222 e. The number of pyridine rings is 1. The van der Waals surface area contributed by atoms with E-state index in [-0.39, 0.29) is 5.91 Å². The molecule has 1 atom stereocenters. The van der Waals surface area contributed by atoms with Gasteiger partial charge in [-0.2, -0.15) is 0 Å². The predicted octanol–water partition coefficient (Wildman–Crippen LogP) is 0.835. The average molecular weight is 233 g/mol. The summed E-state index contributed by atoms with van der Waals surface area (Å²) in [4.78, 5) is 17.9. The molecule has 2 heterocycles. The zero-order valence-corrected chi connectivity index (χ0v) is 10.2. The second-order valence-corrected chi connectivity index (χ2v) is 4.55. The summed E-state index contributed by atoms with van der Waals surface area (Å²) in [6, 6.07) is 4.34. The third-order valence-corrected chi connectivity index (χ3v) is 3.10. The topological polar surface area (TPSA) is 45.2 Å². The van der Waals surface area contributed by atoms with Crippen LogP contribution in [0.5, 0.6) is 0 Å². The summed E-state index contributed by atoms with van der Waals surface area (Å²) < 4.78 is 0. The maximum absolute atomic E-state index is 12.0. The van der Waals surface area contributed by atoms with E-state index in [1.807, 2.05) is 17.0 Å². The number of rotatable bonds is 3. The van der Waals surface area contributed by atoms with Crippen molar-refractivity contribution in [1.82, 2.24) is 15.2 Å². The van der Waals surface area contributed by atoms with Gasteiger partial charge in [-0.05, 0) is 31.0 Å². The Bertz CT molecular complexity index is 366. The molecule has 0 aliphatic carbocycles. The highest BCUT2D eigenvalue weighted by atomic mass is 16.2. The van der Waals surface area contributed by atoms with Crippen LogP contribution in [-0.2, 0) is 11.2 Å². The van der Waals surface area contributed by atoms with Crippen LogP contribution in [0.25, 0.3) is 0 Å². The summed E-state index contributed by atoms with van der Waals surface area (Å²) in [7, 11) is 0. The highest BCUT2D eigenvalue weighted by molar-refractivity contribution is 5.76. The lowest BCUT2D eigenvalue weighted by Gasteiger charge is -2.32. The van der Waals surface area contributed by atoms with Crippen molar-refractivity contribution in [2.24, 2.45) is 0 Å². The van der Waals surface area contributed by atoms with Crippen LogP contribution in [0.15, 0.2) is 24.5 Å². The van der Waals surface area contributed by atoms with Crippen LogP contribution in [0.4, 0.5) is 0 Å². The van der Waals surface area contributed by atoms with E-state index in [2.05, 4.69) is 17.2 Å². The average Bonchev–Trinajstić information content (AvgIpc) is 2.37. The number of nitrogens with zero attached hydrogens (tertiary/aromatic N) is 2. The largest absolute Gasteiger partial charge is 0.340 e. The molecule has 0 bridgehead atoms. The number of piperazine rings is 1. The molecular weight excluding hydrogens is 214 g/mol. The maximum atomic E-state index is 12.0. The van der Waals surface area contributed by atoms with Crippen LogP contribution in [-0.4, -0.2) is 41.5 Å². The molecule has 4 heteroatoms. The molecule has 0 radical (unpaired) electrons. The lowest BCUT2D eigenvalue weighted by Crippen LogP contribution is -2.51. The zero-order chi connectivity index (χ0) is 12.1. The van der Waals surface area contributed by atoms with Gasteiger partial charge in [0.2, 0.25) is 5.91 Å². The Morgan fingerprint density at radius 3 is 3.00 bits per heavy atom. The Hall–Kier alpha value is -1.42. The molecule has 0 saturated carbocycles. The third-order valence-electron chi connectivity index (χ3n) is 3.10. The van der Waals surface area contributed by atoms with E-state index < -0.39 is 0 Å². The van der Waals surface area contributed by atoms with E-state index in [4.69, 9.17) is 0 Å². The summed E-state index contributed by atoms with van der Waals surface area (Å²) >= 11 is 0. The van der Waals surface area contributed by atoms with Crippen LogP contribution >= 0.6 is 0 Å². The molecule has 1 unspecified atom stereocenters. The van der Waals surface area contributed by atoms with E-state index in [0.717, 1.165) is 26.1 Å². The first-order chi connectivity index (χ1) is 8.25. The van der Waals surface area contributed by atoms with Gasteiger partial charge in [-0.25, -0.2) is 0 Å². The molecule has 0 spiro atoms. The monoisotopic (exact) mass is 233 g/mol. The van der Waals surface area contributed by atoms with E-state index in [9.17, 15) is 4.79 Å². The number of amides is 1. The molecule has 1 fully saturated rings. The standard InChI is InChI=1S/C13H19N3O/c1-11-10-16(9-8-15-11)13(17)3-2-12-4-6-14-7-5-12/h4-7,11,15H,2-3,8-10H2,1H3. The van der Waals surface area contributed by atoms with Gasteiger partial charge in [0.1, 0.15) is 0 Å². The first-order valence-corrected chi connectivity index (χ1v) is 6.16. The van der Waals surface area contributed by atoms with E-state index in [0.29, 0.717) is 12.5 Å². The molecular formula is C13H19N3O. The van der Waals surface area contributed by atoms with Gasteiger partial charge in [0.25, 0.3) is 0 Å². The molecule has 4 nitrogen and oxygen atoms in total. The van der Waals surface area contributed by atoms with E-state index in [1.54, 1.807) is 12.4 Å². The number of carbonyl (C=O) groups is 1. The summed E-state index contributed by atoms with van der Waals surface area (Å²) in [6.07, 6.45) is 4.94. The molecule has 1 saturated heterocycles. The minimum absolute atomic E-state index is 0.259. The normalized spacial score (nSPS) is 20.3. The number of carbonyl (C=O) groups excluding carboxylic acids is 1. The van der Waals surface area contributed by atoms with Crippen molar-refractivity contribution in [3.8, 4) is 0 Å². The van der Waals surface area contributed by atoms with E-state index >= 15 is 0 Å². The zero-order valence-electron chi connectivity index (χ0n) is 10.2. The van der Waals surface area contributed by atoms with Crippen LogP contribution in [0, 0.1) is 0 Å². The van der Waals surface area contributed by atoms with Gasteiger partial charge in [0, 0.05) is 44.5 Å². The SMILES string of the molecule is CC1CN(C(=O)CCc2ccncc2)CCN1. The predicted molar refractivity (Wildman–Crippen MR) is 66.6 cm³/mol. The van der Waals surface area contributed by atoms with Crippen molar-refractivity contribution in [3.63, 3.8) is 0 Å². The Morgan fingerprint density at radius 2 is 2.29 bits per heavy atom. The highest BCUT2D eigenvalue weighted by Gasteiger charge is 2.19. The van der Waals surface area contributed by atoms with Crippen LogP contribution in [0.1, 0.15) is 18.9 Å². The summed E-state index contributed by atoms with van der Waals surface area (Å²) in [5.41, 5.74) is 1.18. The number of nitrogens with one attached hydrogen (secondary N) is 1. The third kappa shape index (κ3) is 3.53. The molecule has 1 N–H and O–H groups in total. The van der Waals surface area contributed by atoms with Gasteiger partial charge in [-0.15, -0.1) is 0 Å². The van der Waals surface area contributed by atoms with Crippen molar-refractivity contribution in [2.45, 2.75) is 25.8 Å². The lowest BCUT2D eigenvalue weighted by molar-refractivity contribution is -0.132. The van der Waals surface area contributed by atoms with Crippen LogP contribution < -0.4 is 5.32 Å². The molecule has 1 aliphatic heterocycles. The number of aromatic nitrogens is 1. The Balaban J connectivity index is 1.81. The summed E-state index contributed by atoms with van der Waals surface area (Å²) in [6.45, 7) is 4.68. The summed E-state index contributed by atoms with van der Waals surface area (Å²) in [5, 5.41) is 3.34. The lowest BCUT2D eigenvalue weighted by atomic mass is 10.1. The second-order valence-electron chi connectivity index (χ2n) is 4.55. The molecule has 1 amide bonds. The van der Waals surface area contributed by atoms with Gasteiger partial charge in [-0.1, -0.05) is 0 Å². The fraction of sp³-hybridized carbons (Fsp3) is 0.538. The minimum Gasteiger partial charge on any atom is -0.340 e. The van der Waals surface area contributed by atoms with Crippen LogP contribution in [0.2, 0.25) is 0 Å². The number of hydrogen-bond donors (Lipinski definition) is 1. The Kier molecular flexibility index (Phi) is 4.09. The molecule has 1 aromatic rings. The maximum Gasteiger partial charge on any atom is 0.222 e.